The maximum atomic E-state index is 13.5. The second kappa shape index (κ2) is 15.1. The second-order valence-electron chi connectivity index (χ2n) is 12.0. The fraction of sp³-hybridized carbons (Fsp3) is 0.324. The van der Waals surface area contributed by atoms with E-state index in [2.05, 4.69) is 19.2 Å². The molecule has 9 nitrogen and oxygen atoms in total. The van der Waals surface area contributed by atoms with Crippen LogP contribution in [0.15, 0.2) is 60.7 Å². The molecule has 4 bridgehead atoms. The first-order chi connectivity index (χ1) is 24.0. The molecule has 1 unspecified atom stereocenters. The van der Waals surface area contributed by atoms with Gasteiger partial charge in [-0.3, -0.25) is 0 Å². The van der Waals surface area contributed by atoms with Crippen LogP contribution in [-0.2, 0) is 35.1 Å². The molecule has 50 heavy (non-hydrogen) atoms. The SMILES string of the molecule is COC(=O)c1cc(OC)c2nc(Cc3cc(C)c4cc3OCCCc3cc(C(F)(F)F)ccc3COc3cccc-4n3)[nH]c2c1.P[C@@H]1CCO1. The van der Waals surface area contributed by atoms with Crippen LogP contribution in [0, 0.1) is 6.92 Å². The number of hydrogen-bond acceptors (Lipinski definition) is 8. The maximum Gasteiger partial charge on any atom is 0.416 e. The van der Waals surface area contributed by atoms with E-state index in [1.807, 2.05) is 31.2 Å². The number of nitrogens with zero attached hydrogens (tertiary/aromatic N) is 2. The van der Waals surface area contributed by atoms with Gasteiger partial charge in [0.25, 0.3) is 0 Å². The number of fused-ring (bicyclic) bond motifs is 7. The van der Waals surface area contributed by atoms with Gasteiger partial charge < -0.3 is 28.7 Å². The lowest BCUT2D eigenvalue weighted by molar-refractivity contribution is -0.137. The van der Waals surface area contributed by atoms with E-state index in [0.29, 0.717) is 81.7 Å². The lowest BCUT2D eigenvalue weighted by atomic mass is 9.98. The van der Waals surface area contributed by atoms with E-state index < -0.39 is 17.7 Å². The summed E-state index contributed by atoms with van der Waals surface area (Å²) >= 11 is 0. The molecule has 1 N–H and O–H groups in total. The van der Waals surface area contributed by atoms with E-state index in [-0.39, 0.29) is 13.2 Å². The number of ether oxygens (including phenoxy) is 5. The van der Waals surface area contributed by atoms with Crippen LogP contribution in [0.2, 0.25) is 0 Å². The van der Waals surface area contributed by atoms with Crippen LogP contribution in [-0.4, -0.2) is 54.2 Å². The predicted molar refractivity (Wildman–Crippen MR) is 185 cm³/mol. The largest absolute Gasteiger partial charge is 0.494 e. The fourth-order valence-corrected chi connectivity index (χ4v) is 6.03. The predicted octanol–water partition coefficient (Wildman–Crippen LogP) is 7.85. The van der Waals surface area contributed by atoms with Crippen molar-refractivity contribution in [2.24, 2.45) is 0 Å². The van der Waals surface area contributed by atoms with Crippen molar-refractivity contribution in [3.8, 4) is 28.6 Å². The minimum atomic E-state index is -4.45. The number of carbonyl (C=O) groups excluding carboxylic acids is 1. The number of carbonyl (C=O) groups is 1. The Bertz CT molecular complexity index is 2010. The molecule has 1 fully saturated rings. The van der Waals surface area contributed by atoms with Gasteiger partial charge in [0.1, 0.15) is 29.4 Å². The summed E-state index contributed by atoms with van der Waals surface area (Å²) < 4.78 is 68.0. The van der Waals surface area contributed by atoms with Gasteiger partial charge in [0, 0.05) is 30.0 Å². The lowest BCUT2D eigenvalue weighted by Gasteiger charge is -2.20. The van der Waals surface area contributed by atoms with Crippen molar-refractivity contribution >= 4 is 26.2 Å². The smallest absolute Gasteiger partial charge is 0.416 e. The third kappa shape index (κ3) is 8.03. The van der Waals surface area contributed by atoms with Gasteiger partial charge in [-0.05, 0) is 72.9 Å². The highest BCUT2D eigenvalue weighted by Crippen LogP contribution is 2.35. The highest BCUT2D eigenvalue weighted by atomic mass is 31.0. The number of hydrogen-bond donors (Lipinski definition) is 1. The summed E-state index contributed by atoms with van der Waals surface area (Å²) in [4.78, 5) is 24.9. The Morgan fingerprint density at radius 1 is 1.02 bits per heavy atom. The number of methoxy groups -OCH3 is 2. The standard InChI is InChI=1S/C34H30F3N3O5.C3H7OP/c1-19-12-22(16-30-38-27-14-23(33(41)43-3)15-29(42-2)32(27)40-30)28-17-25(19)26-7-4-8-31(39-26)45-18-21-9-10-24(34(35,36)37)13-20(21)6-5-11-44-28;5-3-1-2-4-3/h4,7-10,12-15,17H,5-6,11,16,18H2,1-3H3,(H,38,40);3H,1-2,5H2/t;3-/m.1/s1. The van der Waals surface area contributed by atoms with Gasteiger partial charge in [-0.15, -0.1) is 9.24 Å². The van der Waals surface area contributed by atoms with Crippen LogP contribution in [0.25, 0.3) is 22.3 Å². The molecule has 2 aromatic heterocycles. The van der Waals surface area contributed by atoms with Crippen LogP contribution >= 0.6 is 9.24 Å². The highest BCUT2D eigenvalue weighted by Gasteiger charge is 2.31. The molecular weight excluding hydrogens is 670 g/mol. The molecule has 3 aromatic carbocycles. The third-order valence-corrected chi connectivity index (χ3v) is 9.02. The van der Waals surface area contributed by atoms with E-state index in [4.69, 9.17) is 28.7 Å². The van der Waals surface area contributed by atoms with Gasteiger partial charge in [0.2, 0.25) is 5.88 Å². The van der Waals surface area contributed by atoms with Crippen molar-refractivity contribution in [2.45, 2.75) is 51.2 Å². The van der Waals surface area contributed by atoms with Gasteiger partial charge in [0.15, 0.2) is 0 Å². The minimum absolute atomic E-state index is 0.0946. The molecule has 2 aliphatic heterocycles. The first-order valence-corrected chi connectivity index (χ1v) is 16.8. The summed E-state index contributed by atoms with van der Waals surface area (Å²) in [6.07, 6.45) is -1.99. The van der Waals surface area contributed by atoms with Crippen LogP contribution in [0.4, 0.5) is 13.2 Å². The molecule has 5 aromatic rings. The number of aryl methyl sites for hydroxylation is 2. The summed E-state index contributed by atoms with van der Waals surface area (Å²) in [5, 5.41) is 0. The van der Waals surface area contributed by atoms with Gasteiger partial charge in [-0.25, -0.2) is 14.8 Å². The van der Waals surface area contributed by atoms with Gasteiger partial charge >= 0.3 is 12.1 Å². The number of imidazole rings is 1. The quantitative estimate of drug-likeness (QED) is 0.149. The summed E-state index contributed by atoms with van der Waals surface area (Å²) in [5.41, 5.74) is 5.38. The normalized spacial score (nSPS) is 15.6. The van der Waals surface area contributed by atoms with E-state index in [0.717, 1.165) is 29.4 Å². The summed E-state index contributed by atoms with van der Waals surface area (Å²) in [7, 11) is 5.42. The topological polar surface area (TPSA) is 105 Å². The molecule has 0 radical (unpaired) electrons. The van der Waals surface area contributed by atoms with Crippen LogP contribution in [0.5, 0.6) is 17.4 Å². The van der Waals surface area contributed by atoms with Crippen LogP contribution < -0.4 is 14.2 Å². The Balaban J connectivity index is 0.000000794. The summed E-state index contributed by atoms with van der Waals surface area (Å²) in [6.45, 7) is 3.32. The van der Waals surface area contributed by atoms with Crippen molar-refractivity contribution < 1.29 is 41.7 Å². The Morgan fingerprint density at radius 2 is 1.82 bits per heavy atom. The van der Waals surface area contributed by atoms with E-state index in [1.165, 1.54) is 32.8 Å². The molecule has 7 rings (SSSR count). The molecule has 13 heteroatoms. The zero-order chi connectivity index (χ0) is 35.4. The number of rotatable bonds is 4. The van der Waals surface area contributed by atoms with E-state index in [1.54, 1.807) is 18.2 Å². The van der Waals surface area contributed by atoms with Gasteiger partial charge in [0.05, 0.1) is 55.6 Å². The monoisotopic (exact) mass is 707 g/mol. The Morgan fingerprint density at radius 3 is 2.52 bits per heavy atom. The molecular formula is C37H37F3N3O6P. The second-order valence-corrected chi connectivity index (χ2v) is 12.7. The molecule has 2 aliphatic rings. The number of alkyl halides is 3. The fourth-order valence-electron chi connectivity index (χ4n) is 5.76. The summed E-state index contributed by atoms with van der Waals surface area (Å²) in [5.74, 6) is 2.01. The highest BCUT2D eigenvalue weighted by molar-refractivity contribution is 7.17. The van der Waals surface area contributed by atoms with Crippen LogP contribution in [0.3, 0.4) is 0 Å². The zero-order valence-electron chi connectivity index (χ0n) is 27.9. The molecule has 0 aliphatic carbocycles. The number of aromatic amines is 1. The average Bonchev–Trinajstić information content (AvgIpc) is 3.50. The third-order valence-electron chi connectivity index (χ3n) is 8.50. The van der Waals surface area contributed by atoms with Crippen molar-refractivity contribution in [2.75, 3.05) is 27.4 Å². The van der Waals surface area contributed by atoms with E-state index >= 15 is 0 Å². The Hall–Kier alpha value is -4.67. The number of benzene rings is 3. The Kier molecular flexibility index (Phi) is 10.6. The van der Waals surface area contributed by atoms with E-state index in [9.17, 15) is 18.0 Å². The first kappa shape index (κ1) is 35.2. The van der Waals surface area contributed by atoms with Crippen molar-refractivity contribution in [1.29, 1.82) is 0 Å². The number of aromatic nitrogens is 3. The molecule has 1 saturated heterocycles. The number of H-pyrrole nitrogens is 1. The molecule has 2 atom stereocenters. The molecule has 4 heterocycles. The lowest BCUT2D eigenvalue weighted by Crippen LogP contribution is -2.18. The average molecular weight is 708 g/mol. The Labute approximate surface area is 289 Å². The first-order valence-electron chi connectivity index (χ1n) is 16.1. The number of esters is 1. The maximum absolute atomic E-state index is 13.5. The molecule has 0 saturated carbocycles. The van der Waals surface area contributed by atoms with Crippen molar-refractivity contribution in [3.63, 3.8) is 0 Å². The summed E-state index contributed by atoms with van der Waals surface area (Å²) in [6, 6.07) is 16.4. The number of pyridine rings is 1. The minimum Gasteiger partial charge on any atom is -0.494 e. The number of nitrogens with one attached hydrogen (secondary N) is 1. The van der Waals surface area contributed by atoms with Crippen molar-refractivity contribution in [1.82, 2.24) is 15.0 Å². The zero-order valence-corrected chi connectivity index (χ0v) is 29.0. The van der Waals surface area contributed by atoms with Gasteiger partial charge in [-0.1, -0.05) is 18.2 Å². The number of halogens is 3. The molecule has 0 amide bonds. The molecule has 262 valence electrons. The van der Waals surface area contributed by atoms with Gasteiger partial charge in [-0.2, -0.15) is 13.2 Å². The molecule has 0 spiro atoms. The van der Waals surface area contributed by atoms with Crippen LogP contribution in [0.1, 0.15) is 56.8 Å². The van der Waals surface area contributed by atoms with Crippen molar-refractivity contribution in [3.05, 3.63) is 99.9 Å².